The fourth-order valence-electron chi connectivity index (χ4n) is 6.18. The molecule has 7 heteroatoms. The van der Waals surface area contributed by atoms with Crippen LogP contribution >= 0.6 is 0 Å². The minimum Gasteiger partial charge on any atom is -0.346 e. The molecule has 2 N–H and O–H groups in total. The predicted octanol–water partition coefficient (Wildman–Crippen LogP) is 3.27. The van der Waals surface area contributed by atoms with E-state index in [4.69, 9.17) is 0 Å². The van der Waals surface area contributed by atoms with Crippen molar-refractivity contribution in [1.82, 2.24) is 20.5 Å². The molecule has 2 amide bonds. The van der Waals surface area contributed by atoms with Crippen LogP contribution < -0.4 is 15.5 Å². The largest absolute Gasteiger partial charge is 0.346 e. The van der Waals surface area contributed by atoms with Gasteiger partial charge in [-0.25, -0.2) is 0 Å². The number of aryl methyl sites for hydroxylation is 1. The summed E-state index contributed by atoms with van der Waals surface area (Å²) in [5, 5.41) is 6.32. The molecule has 6 rings (SSSR count). The highest BCUT2D eigenvalue weighted by molar-refractivity contribution is 5.93. The molecular weight excluding hydrogens is 474 g/mol. The van der Waals surface area contributed by atoms with E-state index in [0.717, 1.165) is 36.6 Å². The SMILES string of the molecule is O=C(CN1CCC2(CC1)C(=O)NCN2c1ccccc1)N[C]1CCc2ccccc2[C]1Cc1cccnc1. The monoisotopic (exact) mass is 507 g/mol. The van der Waals surface area contributed by atoms with Crippen LogP contribution in [-0.2, 0) is 22.4 Å². The van der Waals surface area contributed by atoms with Crippen LogP contribution in [0.4, 0.5) is 5.69 Å². The molecule has 2 aliphatic heterocycles. The van der Waals surface area contributed by atoms with Crippen molar-refractivity contribution in [3.05, 3.63) is 108 Å². The van der Waals surface area contributed by atoms with E-state index in [1.54, 1.807) is 6.20 Å². The van der Waals surface area contributed by atoms with Crippen LogP contribution in [0.1, 0.15) is 36.0 Å². The van der Waals surface area contributed by atoms with Crippen LogP contribution in [0.2, 0.25) is 0 Å². The number of likely N-dealkylation sites (tertiary alicyclic amines) is 1. The van der Waals surface area contributed by atoms with Crippen molar-refractivity contribution in [1.29, 1.82) is 0 Å². The summed E-state index contributed by atoms with van der Waals surface area (Å²) < 4.78 is 0. The molecule has 3 aliphatic rings. The molecule has 3 aromatic rings. The number of fused-ring (bicyclic) bond motifs is 1. The van der Waals surface area contributed by atoms with Crippen molar-refractivity contribution in [3.8, 4) is 0 Å². The van der Waals surface area contributed by atoms with Gasteiger partial charge in [0.25, 0.3) is 0 Å². The van der Waals surface area contributed by atoms with Gasteiger partial charge in [0.15, 0.2) is 0 Å². The standard InChI is InChI=1S/C31H33N5O2/c37-29(21-35-17-14-31(15-18-35)30(38)33-22-36(31)25-9-2-1-3-10-25)34-28-13-12-24-8-4-5-11-26(24)27(28)19-23-7-6-16-32-20-23/h1-11,16,20H,12-15,17-19,21-22H2,(H,33,38)(H,34,37). The number of amides is 2. The zero-order valence-corrected chi connectivity index (χ0v) is 21.5. The molecule has 38 heavy (non-hydrogen) atoms. The van der Waals surface area contributed by atoms with Crippen molar-refractivity contribution in [2.75, 3.05) is 31.2 Å². The molecule has 2 aromatic carbocycles. The average molecular weight is 508 g/mol. The number of aromatic nitrogens is 1. The number of nitrogens with zero attached hydrogens (tertiary/aromatic N) is 3. The number of hydrogen-bond donors (Lipinski definition) is 2. The Morgan fingerprint density at radius 3 is 2.55 bits per heavy atom. The van der Waals surface area contributed by atoms with Crippen LogP contribution in [0.25, 0.3) is 0 Å². The van der Waals surface area contributed by atoms with Gasteiger partial charge < -0.3 is 15.5 Å². The highest BCUT2D eigenvalue weighted by Gasteiger charge is 2.50. The van der Waals surface area contributed by atoms with E-state index < -0.39 is 5.54 Å². The van der Waals surface area contributed by atoms with Crippen LogP contribution in [0.5, 0.6) is 0 Å². The van der Waals surface area contributed by atoms with Crippen molar-refractivity contribution in [2.24, 2.45) is 0 Å². The quantitative estimate of drug-likeness (QED) is 0.536. The van der Waals surface area contributed by atoms with Gasteiger partial charge >= 0.3 is 0 Å². The fraction of sp³-hybridized carbons (Fsp3) is 0.323. The second kappa shape index (κ2) is 10.6. The maximum Gasteiger partial charge on any atom is 0.247 e. The number of piperidine rings is 1. The molecule has 194 valence electrons. The third-order valence-corrected chi connectivity index (χ3v) is 8.20. The second-order valence-corrected chi connectivity index (χ2v) is 10.4. The van der Waals surface area contributed by atoms with E-state index in [-0.39, 0.29) is 11.8 Å². The first-order valence-electron chi connectivity index (χ1n) is 13.4. The van der Waals surface area contributed by atoms with E-state index in [1.807, 2.05) is 30.5 Å². The van der Waals surface area contributed by atoms with Gasteiger partial charge in [-0.1, -0.05) is 48.5 Å². The normalized spacial score (nSPS) is 19.8. The van der Waals surface area contributed by atoms with Crippen molar-refractivity contribution < 1.29 is 9.59 Å². The minimum absolute atomic E-state index is 0.00908. The molecular formula is C31H33N5O2. The Bertz CT molecular complexity index is 1270. The lowest BCUT2D eigenvalue weighted by Crippen LogP contribution is -2.57. The van der Waals surface area contributed by atoms with Crippen LogP contribution in [0.3, 0.4) is 0 Å². The first kappa shape index (κ1) is 24.6. The maximum absolute atomic E-state index is 13.3. The Morgan fingerprint density at radius 2 is 1.76 bits per heavy atom. The van der Waals surface area contributed by atoms with Gasteiger partial charge in [0, 0.05) is 37.1 Å². The smallest absolute Gasteiger partial charge is 0.247 e. The molecule has 7 nitrogen and oxygen atoms in total. The Hall–Kier alpha value is -3.71. The van der Waals surface area contributed by atoms with Gasteiger partial charge in [0.05, 0.1) is 19.3 Å². The topological polar surface area (TPSA) is 77.6 Å². The molecule has 0 atom stereocenters. The number of pyridine rings is 1. The summed E-state index contributed by atoms with van der Waals surface area (Å²) in [5.41, 5.74) is 4.18. The lowest BCUT2D eigenvalue weighted by atomic mass is 9.76. The third kappa shape index (κ3) is 4.78. The number of hydrogen-bond acceptors (Lipinski definition) is 5. The van der Waals surface area contributed by atoms with Crippen molar-refractivity contribution in [2.45, 2.75) is 37.6 Å². The number of anilines is 1. The maximum atomic E-state index is 13.3. The average Bonchev–Trinajstić information content (AvgIpc) is 3.27. The Kier molecular flexibility index (Phi) is 6.85. The van der Waals surface area contributed by atoms with Gasteiger partial charge in [-0.05, 0) is 67.0 Å². The number of rotatable bonds is 6. The zero-order valence-electron chi connectivity index (χ0n) is 21.5. The zero-order chi connectivity index (χ0) is 26.0. The molecule has 1 aromatic heterocycles. The molecule has 1 spiro atoms. The lowest BCUT2D eigenvalue weighted by molar-refractivity contribution is -0.125. The first-order valence-corrected chi connectivity index (χ1v) is 13.4. The van der Waals surface area contributed by atoms with Crippen LogP contribution in [0.15, 0.2) is 79.1 Å². The molecule has 0 unspecified atom stereocenters. The molecule has 3 heterocycles. The second-order valence-electron chi connectivity index (χ2n) is 10.4. The molecule has 0 bridgehead atoms. The molecule has 1 aliphatic carbocycles. The highest BCUT2D eigenvalue weighted by atomic mass is 16.2. The first-order chi connectivity index (χ1) is 18.6. The van der Waals surface area contributed by atoms with E-state index in [2.05, 4.69) is 67.9 Å². The Labute approximate surface area is 224 Å². The summed E-state index contributed by atoms with van der Waals surface area (Å²) >= 11 is 0. The third-order valence-electron chi connectivity index (χ3n) is 8.20. The van der Waals surface area contributed by atoms with Crippen LogP contribution in [-0.4, -0.2) is 53.5 Å². The number of nitrogens with one attached hydrogen (secondary N) is 2. The number of benzene rings is 2. The summed E-state index contributed by atoms with van der Waals surface area (Å²) in [5.74, 6) is 1.28. The van der Waals surface area contributed by atoms with Gasteiger partial charge in [-0.2, -0.15) is 0 Å². The minimum atomic E-state index is -0.541. The van der Waals surface area contributed by atoms with Crippen molar-refractivity contribution >= 4 is 17.5 Å². The van der Waals surface area contributed by atoms with Gasteiger partial charge in [-0.15, -0.1) is 0 Å². The predicted molar refractivity (Wildman–Crippen MR) is 147 cm³/mol. The Morgan fingerprint density at radius 1 is 0.974 bits per heavy atom. The van der Waals surface area contributed by atoms with E-state index in [9.17, 15) is 9.59 Å². The van der Waals surface area contributed by atoms with Gasteiger partial charge in [0.2, 0.25) is 11.8 Å². The molecule has 0 saturated carbocycles. The fourth-order valence-corrected chi connectivity index (χ4v) is 6.18. The van der Waals surface area contributed by atoms with Crippen molar-refractivity contribution in [3.63, 3.8) is 0 Å². The summed E-state index contributed by atoms with van der Waals surface area (Å²) in [6.45, 7) is 2.26. The van der Waals surface area contributed by atoms with Gasteiger partial charge in [-0.3, -0.25) is 19.5 Å². The molecule has 2 fully saturated rings. The number of carbonyl (C=O) groups is 2. The molecule has 2 radical (unpaired) electrons. The van der Waals surface area contributed by atoms with Gasteiger partial charge in [0.1, 0.15) is 5.54 Å². The summed E-state index contributed by atoms with van der Waals surface area (Å²) in [7, 11) is 0. The van der Waals surface area contributed by atoms with E-state index in [0.29, 0.717) is 39.1 Å². The Balaban J connectivity index is 1.10. The highest BCUT2D eigenvalue weighted by Crippen LogP contribution is 2.38. The van der Waals surface area contributed by atoms with E-state index >= 15 is 0 Å². The summed E-state index contributed by atoms with van der Waals surface area (Å²) in [6, 6.07) is 23.6. The van der Waals surface area contributed by atoms with Crippen LogP contribution in [0, 0.1) is 12.0 Å². The van der Waals surface area contributed by atoms with E-state index in [1.165, 1.54) is 17.0 Å². The summed E-state index contributed by atoms with van der Waals surface area (Å²) in [6.07, 6.45) is 7.54. The number of carbonyl (C=O) groups excluding carboxylic acids is 2. The molecule has 2 saturated heterocycles. The number of para-hydroxylation sites is 1. The lowest BCUT2D eigenvalue weighted by Gasteiger charge is -2.43. The summed E-state index contributed by atoms with van der Waals surface area (Å²) in [4.78, 5) is 34.9.